The highest BCUT2D eigenvalue weighted by atomic mass is 19.1. The molecule has 26 heavy (non-hydrogen) atoms. The van der Waals surface area contributed by atoms with Gasteiger partial charge in [-0.25, -0.2) is 9.18 Å². The third kappa shape index (κ3) is 5.70. The van der Waals surface area contributed by atoms with E-state index in [4.69, 9.17) is 4.74 Å². The molecule has 2 aromatic rings. The first kappa shape index (κ1) is 19.1. The van der Waals surface area contributed by atoms with Crippen molar-refractivity contribution in [3.63, 3.8) is 0 Å². The number of carbonyl (C=O) groups excluding carboxylic acids is 3. The van der Waals surface area contributed by atoms with Gasteiger partial charge in [0.15, 0.2) is 6.61 Å². The van der Waals surface area contributed by atoms with Gasteiger partial charge in [0.1, 0.15) is 5.82 Å². The number of ether oxygens (including phenoxy) is 1. The molecule has 0 aliphatic rings. The lowest BCUT2D eigenvalue weighted by Gasteiger charge is -2.10. The third-order valence-corrected chi connectivity index (χ3v) is 3.53. The Balaban J connectivity index is 1.75. The van der Waals surface area contributed by atoms with Crippen LogP contribution in [0.25, 0.3) is 0 Å². The number of esters is 1. The minimum absolute atomic E-state index is 0.133. The van der Waals surface area contributed by atoms with Crippen LogP contribution in [-0.2, 0) is 20.7 Å². The lowest BCUT2D eigenvalue weighted by molar-refractivity contribution is -0.126. The summed E-state index contributed by atoms with van der Waals surface area (Å²) in [5, 5.41) is 5.08. The SMILES string of the molecule is CCc1ccccc1NC(=O)CNC(=O)COC(=O)c1ccc(F)cc1. The molecule has 0 radical (unpaired) electrons. The van der Waals surface area contributed by atoms with E-state index in [1.54, 1.807) is 6.07 Å². The molecule has 6 nitrogen and oxygen atoms in total. The zero-order valence-corrected chi connectivity index (χ0v) is 14.3. The van der Waals surface area contributed by atoms with E-state index in [0.717, 1.165) is 24.1 Å². The molecule has 0 spiro atoms. The number of para-hydroxylation sites is 1. The molecule has 0 atom stereocenters. The zero-order valence-electron chi connectivity index (χ0n) is 14.3. The zero-order chi connectivity index (χ0) is 18.9. The van der Waals surface area contributed by atoms with Gasteiger partial charge in [0.25, 0.3) is 5.91 Å². The van der Waals surface area contributed by atoms with Gasteiger partial charge in [-0.3, -0.25) is 9.59 Å². The van der Waals surface area contributed by atoms with Gasteiger partial charge in [-0.05, 0) is 42.3 Å². The molecule has 0 bridgehead atoms. The molecule has 7 heteroatoms. The van der Waals surface area contributed by atoms with Gasteiger partial charge in [-0.2, -0.15) is 0 Å². The van der Waals surface area contributed by atoms with Crippen molar-refractivity contribution in [1.82, 2.24) is 5.32 Å². The molecule has 0 unspecified atom stereocenters. The summed E-state index contributed by atoms with van der Waals surface area (Å²) in [5.74, 6) is -2.22. The van der Waals surface area contributed by atoms with Crippen LogP contribution in [0.1, 0.15) is 22.8 Å². The molecule has 0 heterocycles. The summed E-state index contributed by atoms with van der Waals surface area (Å²) >= 11 is 0. The van der Waals surface area contributed by atoms with Crippen LogP contribution < -0.4 is 10.6 Å². The number of nitrogens with one attached hydrogen (secondary N) is 2. The van der Waals surface area contributed by atoms with Gasteiger partial charge in [0.2, 0.25) is 5.91 Å². The minimum Gasteiger partial charge on any atom is -0.452 e. The smallest absolute Gasteiger partial charge is 0.338 e. The summed E-state index contributed by atoms with van der Waals surface area (Å²) < 4.78 is 17.6. The summed E-state index contributed by atoms with van der Waals surface area (Å²) in [6.45, 7) is 1.20. The summed E-state index contributed by atoms with van der Waals surface area (Å²) in [5.41, 5.74) is 1.81. The highest BCUT2D eigenvalue weighted by Gasteiger charge is 2.12. The van der Waals surface area contributed by atoms with E-state index in [2.05, 4.69) is 10.6 Å². The number of benzene rings is 2. The number of carbonyl (C=O) groups is 3. The fourth-order valence-electron chi connectivity index (χ4n) is 2.18. The van der Waals surface area contributed by atoms with Crippen LogP contribution in [0.15, 0.2) is 48.5 Å². The lowest BCUT2D eigenvalue weighted by atomic mass is 10.1. The topological polar surface area (TPSA) is 84.5 Å². The Morgan fingerprint density at radius 2 is 1.69 bits per heavy atom. The number of hydrogen-bond donors (Lipinski definition) is 2. The molecule has 2 N–H and O–H groups in total. The lowest BCUT2D eigenvalue weighted by Crippen LogP contribution is -2.35. The number of hydrogen-bond acceptors (Lipinski definition) is 4. The first-order valence-electron chi connectivity index (χ1n) is 8.06. The molecular weight excluding hydrogens is 339 g/mol. The molecule has 2 rings (SSSR count). The van der Waals surface area contributed by atoms with E-state index in [0.29, 0.717) is 5.69 Å². The monoisotopic (exact) mass is 358 g/mol. The van der Waals surface area contributed by atoms with Gasteiger partial charge in [0, 0.05) is 5.69 Å². The third-order valence-electron chi connectivity index (χ3n) is 3.53. The Morgan fingerprint density at radius 3 is 2.38 bits per heavy atom. The first-order chi connectivity index (χ1) is 12.5. The fourth-order valence-corrected chi connectivity index (χ4v) is 2.18. The molecule has 136 valence electrons. The summed E-state index contributed by atoms with van der Waals surface area (Å²) in [7, 11) is 0. The molecular formula is C19H19FN2O4. The molecule has 0 aromatic heterocycles. The molecule has 2 aromatic carbocycles. The van der Waals surface area contributed by atoms with Crippen LogP contribution in [0.3, 0.4) is 0 Å². The van der Waals surface area contributed by atoms with Crippen LogP contribution in [0, 0.1) is 5.82 Å². The Labute approximate surface area is 150 Å². The van der Waals surface area contributed by atoms with Gasteiger partial charge in [0.05, 0.1) is 12.1 Å². The normalized spacial score (nSPS) is 10.1. The average molecular weight is 358 g/mol. The van der Waals surface area contributed by atoms with Crippen molar-refractivity contribution in [2.24, 2.45) is 0 Å². The van der Waals surface area contributed by atoms with E-state index < -0.39 is 24.3 Å². The van der Waals surface area contributed by atoms with Crippen LogP contribution in [0.4, 0.5) is 10.1 Å². The van der Waals surface area contributed by atoms with Crippen LogP contribution in [0.5, 0.6) is 0 Å². The van der Waals surface area contributed by atoms with E-state index in [9.17, 15) is 18.8 Å². The molecule has 2 amide bonds. The summed E-state index contributed by atoms with van der Waals surface area (Å²) in [6.07, 6.45) is 0.766. The van der Waals surface area contributed by atoms with Crippen molar-refractivity contribution >= 4 is 23.5 Å². The fraction of sp³-hybridized carbons (Fsp3) is 0.211. The van der Waals surface area contributed by atoms with Crippen LogP contribution in [-0.4, -0.2) is 30.9 Å². The second-order valence-electron chi connectivity index (χ2n) is 5.42. The predicted molar refractivity (Wildman–Crippen MR) is 94.1 cm³/mol. The quantitative estimate of drug-likeness (QED) is 0.744. The number of anilines is 1. The molecule has 0 aliphatic carbocycles. The number of amides is 2. The van der Waals surface area contributed by atoms with Gasteiger partial charge in [-0.15, -0.1) is 0 Å². The number of aryl methyl sites for hydroxylation is 1. The van der Waals surface area contributed by atoms with Crippen LogP contribution >= 0.6 is 0 Å². The van der Waals surface area contributed by atoms with Gasteiger partial charge in [-0.1, -0.05) is 25.1 Å². The summed E-state index contributed by atoms with van der Waals surface area (Å²) in [6, 6.07) is 12.1. The van der Waals surface area contributed by atoms with E-state index in [1.165, 1.54) is 12.1 Å². The molecule has 0 fully saturated rings. The van der Waals surface area contributed by atoms with E-state index in [1.807, 2.05) is 25.1 Å². The maximum Gasteiger partial charge on any atom is 0.338 e. The maximum atomic E-state index is 12.8. The predicted octanol–water partition coefficient (Wildman–Crippen LogP) is 2.30. The van der Waals surface area contributed by atoms with E-state index >= 15 is 0 Å². The molecule has 0 aliphatic heterocycles. The molecule has 0 saturated heterocycles. The van der Waals surface area contributed by atoms with Crippen molar-refractivity contribution in [3.05, 3.63) is 65.5 Å². The standard InChI is InChI=1S/C19H19FN2O4/c1-2-13-5-3-4-6-16(13)22-17(23)11-21-18(24)12-26-19(25)14-7-9-15(20)10-8-14/h3-10H,2,11-12H2,1H3,(H,21,24)(H,22,23). The van der Waals surface area contributed by atoms with Crippen molar-refractivity contribution in [1.29, 1.82) is 0 Å². The Bertz CT molecular complexity index is 790. The van der Waals surface area contributed by atoms with Crippen molar-refractivity contribution < 1.29 is 23.5 Å². The average Bonchev–Trinajstić information content (AvgIpc) is 2.65. The second-order valence-corrected chi connectivity index (χ2v) is 5.42. The van der Waals surface area contributed by atoms with E-state index in [-0.39, 0.29) is 18.0 Å². The Hall–Kier alpha value is -3.22. The van der Waals surface area contributed by atoms with Gasteiger partial charge >= 0.3 is 5.97 Å². The maximum absolute atomic E-state index is 12.8. The van der Waals surface area contributed by atoms with Crippen molar-refractivity contribution in [2.75, 3.05) is 18.5 Å². The first-order valence-corrected chi connectivity index (χ1v) is 8.06. The highest BCUT2D eigenvalue weighted by molar-refractivity contribution is 5.96. The number of halogens is 1. The van der Waals surface area contributed by atoms with Crippen LogP contribution in [0.2, 0.25) is 0 Å². The molecule has 0 saturated carbocycles. The minimum atomic E-state index is -0.749. The summed E-state index contributed by atoms with van der Waals surface area (Å²) in [4.78, 5) is 35.3. The van der Waals surface area contributed by atoms with Crippen molar-refractivity contribution in [2.45, 2.75) is 13.3 Å². The number of rotatable bonds is 7. The Morgan fingerprint density at radius 1 is 1.00 bits per heavy atom. The van der Waals surface area contributed by atoms with Crippen molar-refractivity contribution in [3.8, 4) is 0 Å². The Kier molecular flexibility index (Phi) is 6.84. The van der Waals surface area contributed by atoms with Gasteiger partial charge < -0.3 is 15.4 Å². The largest absolute Gasteiger partial charge is 0.452 e. The second kappa shape index (κ2) is 9.31. The highest BCUT2D eigenvalue weighted by Crippen LogP contribution is 2.14.